The number of esters is 1. The lowest BCUT2D eigenvalue weighted by atomic mass is 9.89. The fourth-order valence-corrected chi connectivity index (χ4v) is 0.576. The first-order valence-electron chi connectivity index (χ1n) is 3.79. The summed E-state index contributed by atoms with van der Waals surface area (Å²) in [7, 11) is 0. The second kappa shape index (κ2) is 4.09. The van der Waals surface area contributed by atoms with E-state index >= 15 is 0 Å². The number of hydrogen-bond donors (Lipinski definition) is 1. The van der Waals surface area contributed by atoms with Gasteiger partial charge in [-0.1, -0.05) is 6.92 Å². The molecule has 0 aromatic carbocycles. The van der Waals surface area contributed by atoms with Crippen molar-refractivity contribution in [1.82, 2.24) is 0 Å². The summed E-state index contributed by atoms with van der Waals surface area (Å²) >= 11 is 0. The SMILES string of the molecule is CC[C@](C)(COC(C)=O)C(=O)O. The number of rotatable bonds is 4. The van der Waals surface area contributed by atoms with Crippen LogP contribution in [0.4, 0.5) is 0 Å². The van der Waals surface area contributed by atoms with Crippen molar-refractivity contribution in [3.8, 4) is 0 Å². The van der Waals surface area contributed by atoms with E-state index in [1.54, 1.807) is 13.8 Å². The molecule has 0 amide bonds. The first kappa shape index (κ1) is 10.9. The maximum Gasteiger partial charge on any atom is 0.312 e. The van der Waals surface area contributed by atoms with Crippen LogP contribution in [0.15, 0.2) is 0 Å². The van der Waals surface area contributed by atoms with Gasteiger partial charge in [0.2, 0.25) is 0 Å². The lowest BCUT2D eigenvalue weighted by Gasteiger charge is -2.21. The van der Waals surface area contributed by atoms with Crippen molar-refractivity contribution >= 4 is 11.9 Å². The van der Waals surface area contributed by atoms with Gasteiger partial charge in [-0.05, 0) is 13.3 Å². The number of carbonyl (C=O) groups is 2. The monoisotopic (exact) mass is 174 g/mol. The van der Waals surface area contributed by atoms with Crippen LogP contribution < -0.4 is 0 Å². The van der Waals surface area contributed by atoms with E-state index in [0.29, 0.717) is 6.42 Å². The molecule has 12 heavy (non-hydrogen) atoms. The number of carbonyl (C=O) groups excluding carboxylic acids is 1. The molecule has 0 rings (SSSR count). The average Bonchev–Trinajstić information content (AvgIpc) is 1.99. The molecule has 70 valence electrons. The van der Waals surface area contributed by atoms with Crippen LogP contribution in [0.1, 0.15) is 27.2 Å². The minimum Gasteiger partial charge on any atom is -0.481 e. The van der Waals surface area contributed by atoms with Crippen molar-refractivity contribution in [3.05, 3.63) is 0 Å². The number of aliphatic carboxylic acids is 1. The second-order valence-electron chi connectivity index (χ2n) is 3.00. The first-order valence-corrected chi connectivity index (χ1v) is 3.79. The molecule has 0 aliphatic carbocycles. The van der Waals surface area contributed by atoms with E-state index in [9.17, 15) is 9.59 Å². The van der Waals surface area contributed by atoms with Gasteiger partial charge in [0.05, 0.1) is 5.41 Å². The Morgan fingerprint density at radius 2 is 2.00 bits per heavy atom. The Morgan fingerprint density at radius 3 is 2.25 bits per heavy atom. The van der Waals surface area contributed by atoms with Gasteiger partial charge in [-0.2, -0.15) is 0 Å². The van der Waals surface area contributed by atoms with Gasteiger partial charge < -0.3 is 9.84 Å². The molecule has 1 atom stereocenters. The normalized spacial score (nSPS) is 14.9. The highest BCUT2D eigenvalue weighted by Crippen LogP contribution is 2.21. The van der Waals surface area contributed by atoms with E-state index in [1.807, 2.05) is 0 Å². The van der Waals surface area contributed by atoms with Crippen LogP contribution in [0.3, 0.4) is 0 Å². The number of ether oxygens (including phenoxy) is 1. The predicted molar refractivity (Wildman–Crippen MR) is 42.7 cm³/mol. The summed E-state index contributed by atoms with van der Waals surface area (Å²) in [5.74, 6) is -1.39. The summed E-state index contributed by atoms with van der Waals surface area (Å²) in [4.78, 5) is 21.1. The summed E-state index contributed by atoms with van der Waals surface area (Å²) in [5, 5.41) is 8.75. The van der Waals surface area contributed by atoms with E-state index in [2.05, 4.69) is 4.74 Å². The van der Waals surface area contributed by atoms with E-state index in [1.165, 1.54) is 6.92 Å². The van der Waals surface area contributed by atoms with E-state index in [4.69, 9.17) is 5.11 Å². The zero-order valence-corrected chi connectivity index (χ0v) is 7.59. The van der Waals surface area contributed by atoms with Crippen LogP contribution in [-0.4, -0.2) is 23.7 Å². The minimum atomic E-state index is -0.953. The fourth-order valence-electron chi connectivity index (χ4n) is 0.576. The largest absolute Gasteiger partial charge is 0.481 e. The summed E-state index contributed by atoms with van der Waals surface area (Å²) < 4.78 is 4.64. The quantitative estimate of drug-likeness (QED) is 0.647. The molecule has 0 saturated carbocycles. The molecule has 0 aliphatic rings. The van der Waals surface area contributed by atoms with Crippen LogP contribution in [0.5, 0.6) is 0 Å². The molecule has 4 nitrogen and oxygen atoms in total. The van der Waals surface area contributed by atoms with Crippen LogP contribution in [0.2, 0.25) is 0 Å². The third-order valence-electron chi connectivity index (χ3n) is 1.89. The van der Waals surface area contributed by atoms with E-state index in [0.717, 1.165) is 0 Å². The Kier molecular flexibility index (Phi) is 3.73. The van der Waals surface area contributed by atoms with Gasteiger partial charge in [-0.3, -0.25) is 9.59 Å². The topological polar surface area (TPSA) is 63.6 Å². The van der Waals surface area contributed by atoms with Crippen molar-refractivity contribution < 1.29 is 19.4 Å². The molecule has 0 unspecified atom stereocenters. The van der Waals surface area contributed by atoms with Gasteiger partial charge in [0.25, 0.3) is 0 Å². The van der Waals surface area contributed by atoms with Gasteiger partial charge in [-0.25, -0.2) is 0 Å². The Balaban J connectivity index is 4.15. The molecule has 4 heteroatoms. The van der Waals surface area contributed by atoms with Gasteiger partial charge in [0, 0.05) is 6.92 Å². The lowest BCUT2D eigenvalue weighted by Crippen LogP contribution is -2.32. The van der Waals surface area contributed by atoms with Crippen molar-refractivity contribution in [2.75, 3.05) is 6.61 Å². The summed E-state index contributed by atoms with van der Waals surface area (Å²) in [6.45, 7) is 4.50. The highest BCUT2D eigenvalue weighted by Gasteiger charge is 2.32. The lowest BCUT2D eigenvalue weighted by molar-refractivity contribution is -0.157. The molecule has 0 aromatic heterocycles. The van der Waals surface area contributed by atoms with Crippen LogP contribution >= 0.6 is 0 Å². The third kappa shape index (κ3) is 2.90. The van der Waals surface area contributed by atoms with E-state index < -0.39 is 17.4 Å². The molecule has 0 spiro atoms. The van der Waals surface area contributed by atoms with Crippen molar-refractivity contribution in [1.29, 1.82) is 0 Å². The summed E-state index contributed by atoms with van der Waals surface area (Å²) in [5.41, 5.74) is -0.953. The average molecular weight is 174 g/mol. The smallest absolute Gasteiger partial charge is 0.312 e. The molecule has 0 aliphatic heterocycles. The van der Waals surface area contributed by atoms with Crippen LogP contribution in [0.25, 0.3) is 0 Å². The summed E-state index contributed by atoms with van der Waals surface area (Å²) in [6.07, 6.45) is 0.440. The predicted octanol–water partition coefficient (Wildman–Crippen LogP) is 1.05. The fraction of sp³-hybridized carbons (Fsp3) is 0.750. The van der Waals surface area contributed by atoms with Gasteiger partial charge in [-0.15, -0.1) is 0 Å². The van der Waals surface area contributed by atoms with Gasteiger partial charge in [0.15, 0.2) is 0 Å². The Morgan fingerprint density at radius 1 is 1.50 bits per heavy atom. The minimum absolute atomic E-state index is 0.0613. The Bertz CT molecular complexity index is 187. The molecule has 0 heterocycles. The third-order valence-corrected chi connectivity index (χ3v) is 1.89. The van der Waals surface area contributed by atoms with Gasteiger partial charge in [0.1, 0.15) is 6.61 Å². The maximum absolute atomic E-state index is 10.7. The molecular formula is C8H14O4. The number of carboxylic acids is 1. The van der Waals surface area contributed by atoms with Crippen molar-refractivity contribution in [2.24, 2.45) is 5.41 Å². The molecule has 0 aromatic rings. The standard InChI is InChI=1S/C8H14O4/c1-4-8(3,7(10)11)5-12-6(2)9/h4-5H2,1-3H3,(H,10,11)/t8-/m1/s1. The zero-order valence-electron chi connectivity index (χ0n) is 7.59. The molecule has 0 radical (unpaired) electrons. The van der Waals surface area contributed by atoms with Gasteiger partial charge >= 0.3 is 11.9 Å². The van der Waals surface area contributed by atoms with E-state index in [-0.39, 0.29) is 6.61 Å². The molecule has 1 N–H and O–H groups in total. The molecule has 0 fully saturated rings. The molecular weight excluding hydrogens is 160 g/mol. The highest BCUT2D eigenvalue weighted by molar-refractivity contribution is 5.75. The molecule has 0 saturated heterocycles. The Labute approximate surface area is 71.5 Å². The second-order valence-corrected chi connectivity index (χ2v) is 3.00. The van der Waals surface area contributed by atoms with Crippen LogP contribution in [-0.2, 0) is 14.3 Å². The zero-order chi connectivity index (χ0) is 9.78. The van der Waals surface area contributed by atoms with Crippen molar-refractivity contribution in [3.63, 3.8) is 0 Å². The Hall–Kier alpha value is -1.06. The number of carboxylic acid groups (broad SMARTS) is 1. The molecule has 0 bridgehead atoms. The number of hydrogen-bond acceptors (Lipinski definition) is 3. The first-order chi connectivity index (χ1) is 5.42. The highest BCUT2D eigenvalue weighted by atomic mass is 16.5. The van der Waals surface area contributed by atoms with Crippen LogP contribution in [0, 0.1) is 5.41 Å². The summed E-state index contributed by atoms with van der Waals surface area (Å²) in [6, 6.07) is 0. The van der Waals surface area contributed by atoms with Crippen molar-refractivity contribution in [2.45, 2.75) is 27.2 Å². The maximum atomic E-state index is 10.7.